The van der Waals surface area contributed by atoms with Crippen molar-refractivity contribution in [2.24, 2.45) is 17.8 Å². The highest BCUT2D eigenvalue weighted by Gasteiger charge is 2.59. The van der Waals surface area contributed by atoms with Gasteiger partial charge in [0.2, 0.25) is 0 Å². The van der Waals surface area contributed by atoms with E-state index in [-0.39, 0.29) is 17.8 Å². The molecule has 1 aliphatic heterocycles. The van der Waals surface area contributed by atoms with Gasteiger partial charge in [0.1, 0.15) is 6.10 Å². The highest BCUT2D eigenvalue weighted by atomic mass is 16.4. The SMILES string of the molecule is N#CC(O)C1C2CN(C(=O)O)CC21. The second kappa shape index (κ2) is 2.60. The van der Waals surface area contributed by atoms with Crippen molar-refractivity contribution in [1.29, 1.82) is 5.26 Å². The molecule has 2 N–H and O–H groups in total. The smallest absolute Gasteiger partial charge is 0.407 e. The third kappa shape index (κ3) is 1.14. The number of aliphatic hydroxyl groups is 1. The van der Waals surface area contributed by atoms with Crippen LogP contribution in [-0.4, -0.2) is 40.4 Å². The van der Waals surface area contributed by atoms with Gasteiger partial charge in [0.15, 0.2) is 0 Å². The molecule has 1 heterocycles. The van der Waals surface area contributed by atoms with Crippen molar-refractivity contribution in [1.82, 2.24) is 4.90 Å². The fraction of sp³-hybridized carbons (Fsp3) is 0.750. The molecule has 2 fully saturated rings. The summed E-state index contributed by atoms with van der Waals surface area (Å²) in [7, 11) is 0. The summed E-state index contributed by atoms with van der Waals surface area (Å²) in [6, 6.07) is 1.79. The first-order valence-corrected chi connectivity index (χ1v) is 4.20. The average Bonchev–Trinajstić information content (AvgIpc) is 2.58. The number of nitrogens with zero attached hydrogens (tertiary/aromatic N) is 2. The van der Waals surface area contributed by atoms with Gasteiger partial charge in [0, 0.05) is 19.0 Å². The van der Waals surface area contributed by atoms with E-state index < -0.39 is 12.2 Å². The third-order valence-corrected chi connectivity index (χ3v) is 3.03. The lowest BCUT2D eigenvalue weighted by Gasteiger charge is -2.15. The Morgan fingerprint density at radius 1 is 1.54 bits per heavy atom. The first-order valence-electron chi connectivity index (χ1n) is 4.20. The van der Waals surface area contributed by atoms with E-state index in [2.05, 4.69) is 0 Å². The molecule has 1 amide bonds. The van der Waals surface area contributed by atoms with Crippen LogP contribution in [0.5, 0.6) is 0 Å². The molecule has 1 saturated heterocycles. The van der Waals surface area contributed by atoms with Gasteiger partial charge in [0.05, 0.1) is 6.07 Å². The van der Waals surface area contributed by atoms with Crippen LogP contribution in [0.2, 0.25) is 0 Å². The van der Waals surface area contributed by atoms with Crippen molar-refractivity contribution in [2.45, 2.75) is 6.10 Å². The largest absolute Gasteiger partial charge is 0.465 e. The summed E-state index contributed by atoms with van der Waals surface area (Å²) in [5.74, 6) is 0.442. The highest BCUT2D eigenvalue weighted by molar-refractivity contribution is 5.65. The summed E-state index contributed by atoms with van der Waals surface area (Å²) in [6.07, 6.45) is -1.82. The first kappa shape index (κ1) is 8.32. The van der Waals surface area contributed by atoms with E-state index in [1.165, 1.54) is 4.90 Å². The van der Waals surface area contributed by atoms with Crippen molar-refractivity contribution in [2.75, 3.05) is 13.1 Å². The summed E-state index contributed by atoms with van der Waals surface area (Å²) in [5, 5.41) is 26.3. The standard InChI is InChI=1S/C8H10N2O3/c9-1-6(11)7-4-2-10(8(12)13)3-5(4)7/h4-7,11H,2-3H2,(H,12,13). The van der Waals surface area contributed by atoms with Gasteiger partial charge in [-0.25, -0.2) is 4.79 Å². The van der Waals surface area contributed by atoms with Crippen LogP contribution in [0.25, 0.3) is 0 Å². The zero-order chi connectivity index (χ0) is 9.59. The third-order valence-electron chi connectivity index (χ3n) is 3.03. The Morgan fingerprint density at radius 3 is 2.46 bits per heavy atom. The Balaban J connectivity index is 1.91. The maximum atomic E-state index is 10.5. The molecule has 5 heteroatoms. The van der Waals surface area contributed by atoms with Crippen molar-refractivity contribution in [3.05, 3.63) is 0 Å². The lowest BCUT2D eigenvalue weighted by Crippen LogP contribution is -2.31. The van der Waals surface area contributed by atoms with Crippen LogP contribution in [-0.2, 0) is 0 Å². The number of likely N-dealkylation sites (tertiary alicyclic amines) is 1. The fourth-order valence-electron chi connectivity index (χ4n) is 2.28. The average molecular weight is 182 g/mol. The normalized spacial score (nSPS) is 37.8. The Kier molecular flexibility index (Phi) is 1.67. The molecular weight excluding hydrogens is 172 g/mol. The molecule has 70 valence electrons. The second-order valence-corrected chi connectivity index (χ2v) is 3.67. The second-order valence-electron chi connectivity index (χ2n) is 3.67. The minimum Gasteiger partial charge on any atom is -0.465 e. The summed E-state index contributed by atoms with van der Waals surface area (Å²) in [4.78, 5) is 11.9. The predicted octanol–water partition coefficient (Wildman–Crippen LogP) is -0.273. The number of carboxylic acid groups (broad SMARTS) is 1. The molecule has 2 rings (SSSR count). The van der Waals surface area contributed by atoms with E-state index in [1.807, 2.05) is 0 Å². The lowest BCUT2D eigenvalue weighted by atomic mass is 10.2. The molecule has 0 radical (unpaired) electrons. The highest BCUT2D eigenvalue weighted by Crippen LogP contribution is 2.53. The maximum Gasteiger partial charge on any atom is 0.407 e. The summed E-state index contributed by atoms with van der Waals surface area (Å²) < 4.78 is 0. The number of aliphatic hydroxyl groups excluding tert-OH is 1. The molecule has 5 nitrogen and oxygen atoms in total. The molecule has 1 saturated carbocycles. The molecular formula is C8H10N2O3. The fourth-order valence-corrected chi connectivity index (χ4v) is 2.28. The zero-order valence-electron chi connectivity index (χ0n) is 6.92. The minimum absolute atomic E-state index is 0.0144. The van der Waals surface area contributed by atoms with Crippen molar-refractivity contribution in [3.63, 3.8) is 0 Å². The molecule has 3 unspecified atom stereocenters. The van der Waals surface area contributed by atoms with Gasteiger partial charge in [-0.05, 0) is 11.8 Å². The minimum atomic E-state index is -0.911. The lowest BCUT2D eigenvalue weighted by molar-refractivity contribution is 0.136. The molecule has 0 aromatic carbocycles. The molecule has 0 aromatic rings. The van der Waals surface area contributed by atoms with Gasteiger partial charge >= 0.3 is 6.09 Å². The topological polar surface area (TPSA) is 84.6 Å². The Morgan fingerprint density at radius 2 is 2.08 bits per heavy atom. The molecule has 2 aliphatic rings. The van der Waals surface area contributed by atoms with Crippen molar-refractivity contribution in [3.8, 4) is 6.07 Å². The van der Waals surface area contributed by atoms with Gasteiger partial charge in [0.25, 0.3) is 0 Å². The molecule has 0 spiro atoms. The van der Waals surface area contributed by atoms with Crippen molar-refractivity contribution < 1.29 is 15.0 Å². The van der Waals surface area contributed by atoms with E-state index in [0.29, 0.717) is 13.1 Å². The Labute approximate surface area is 75.2 Å². The predicted molar refractivity (Wildman–Crippen MR) is 41.7 cm³/mol. The Bertz CT molecular complexity index is 274. The monoisotopic (exact) mass is 182 g/mol. The number of hydrogen-bond acceptors (Lipinski definition) is 3. The van der Waals surface area contributed by atoms with Crippen LogP contribution in [0.15, 0.2) is 0 Å². The van der Waals surface area contributed by atoms with E-state index in [4.69, 9.17) is 10.4 Å². The number of hydrogen-bond donors (Lipinski definition) is 2. The van der Waals surface area contributed by atoms with Gasteiger partial charge < -0.3 is 15.1 Å². The first-order chi connectivity index (χ1) is 6.15. The summed E-state index contributed by atoms with van der Waals surface area (Å²) in [6.45, 7) is 0.951. The van der Waals surface area contributed by atoms with E-state index in [1.54, 1.807) is 6.07 Å². The molecule has 0 bridgehead atoms. The quantitative estimate of drug-likeness (QED) is 0.546. The van der Waals surface area contributed by atoms with E-state index in [0.717, 1.165) is 0 Å². The van der Waals surface area contributed by atoms with E-state index in [9.17, 15) is 9.90 Å². The van der Waals surface area contributed by atoms with Gasteiger partial charge in [-0.1, -0.05) is 0 Å². The number of amides is 1. The van der Waals surface area contributed by atoms with E-state index >= 15 is 0 Å². The molecule has 3 atom stereocenters. The summed E-state index contributed by atoms with van der Waals surface area (Å²) >= 11 is 0. The maximum absolute atomic E-state index is 10.5. The zero-order valence-corrected chi connectivity index (χ0v) is 6.92. The van der Waals surface area contributed by atoms with Crippen LogP contribution in [0, 0.1) is 29.1 Å². The molecule has 13 heavy (non-hydrogen) atoms. The molecule has 0 aromatic heterocycles. The number of piperidine rings is 1. The Hall–Kier alpha value is -1.28. The number of rotatable bonds is 1. The van der Waals surface area contributed by atoms with Gasteiger partial charge in [-0.15, -0.1) is 0 Å². The summed E-state index contributed by atoms with van der Waals surface area (Å²) in [5.41, 5.74) is 0. The number of carbonyl (C=O) groups is 1. The van der Waals surface area contributed by atoms with Crippen LogP contribution >= 0.6 is 0 Å². The van der Waals surface area contributed by atoms with Crippen LogP contribution in [0.3, 0.4) is 0 Å². The number of fused-ring (bicyclic) bond motifs is 1. The van der Waals surface area contributed by atoms with Crippen LogP contribution in [0.1, 0.15) is 0 Å². The van der Waals surface area contributed by atoms with Gasteiger partial charge in [-0.3, -0.25) is 0 Å². The van der Waals surface area contributed by atoms with Crippen LogP contribution < -0.4 is 0 Å². The van der Waals surface area contributed by atoms with Gasteiger partial charge in [-0.2, -0.15) is 5.26 Å². The number of nitriles is 1. The van der Waals surface area contributed by atoms with Crippen LogP contribution in [0.4, 0.5) is 4.79 Å². The van der Waals surface area contributed by atoms with Crippen molar-refractivity contribution >= 4 is 6.09 Å². The molecule has 1 aliphatic carbocycles.